The first kappa shape index (κ1) is 18.7. The highest BCUT2D eigenvalue weighted by atomic mass is 16.2. The number of rotatable bonds is 7. The monoisotopic (exact) mass is 376 g/mol. The third-order valence-electron chi connectivity index (χ3n) is 5.82. The fourth-order valence-electron chi connectivity index (χ4n) is 4.05. The molecule has 1 saturated heterocycles. The summed E-state index contributed by atoms with van der Waals surface area (Å²) in [7, 11) is 0. The van der Waals surface area contributed by atoms with Gasteiger partial charge in [0.05, 0.1) is 5.92 Å². The second kappa shape index (κ2) is 8.59. The van der Waals surface area contributed by atoms with Gasteiger partial charge in [-0.3, -0.25) is 9.59 Å². The number of carbonyl (C=O) groups excluding carboxylic acids is 2. The minimum absolute atomic E-state index is 0.0715. The van der Waals surface area contributed by atoms with Gasteiger partial charge in [-0.2, -0.15) is 0 Å². The Morgan fingerprint density at radius 3 is 2.21 bits per heavy atom. The minimum Gasteiger partial charge on any atom is -0.339 e. The molecule has 2 aromatic carbocycles. The Labute approximate surface area is 167 Å². The number of nitrogens with zero attached hydrogens (tertiary/aromatic N) is 2. The van der Waals surface area contributed by atoms with Gasteiger partial charge in [-0.25, -0.2) is 0 Å². The van der Waals surface area contributed by atoms with Gasteiger partial charge in [0, 0.05) is 32.1 Å². The Bertz CT molecular complexity index is 802. The molecule has 28 heavy (non-hydrogen) atoms. The summed E-state index contributed by atoms with van der Waals surface area (Å²) in [6.07, 6.45) is 4.21. The first-order chi connectivity index (χ1) is 13.7. The van der Waals surface area contributed by atoms with Crippen molar-refractivity contribution in [3.63, 3.8) is 0 Å². The zero-order chi connectivity index (χ0) is 19.3. The van der Waals surface area contributed by atoms with Crippen molar-refractivity contribution < 1.29 is 9.59 Å². The first-order valence-electron chi connectivity index (χ1n) is 10.4. The lowest BCUT2D eigenvalue weighted by Crippen LogP contribution is -2.48. The topological polar surface area (TPSA) is 40.6 Å². The quantitative estimate of drug-likeness (QED) is 0.740. The van der Waals surface area contributed by atoms with E-state index in [2.05, 4.69) is 24.3 Å². The van der Waals surface area contributed by atoms with E-state index in [1.165, 1.54) is 5.56 Å². The number of piperidine rings is 1. The summed E-state index contributed by atoms with van der Waals surface area (Å²) in [5, 5.41) is 0. The Balaban J connectivity index is 1.46. The van der Waals surface area contributed by atoms with Gasteiger partial charge < -0.3 is 9.80 Å². The molecular formula is C24H28N2O2. The molecule has 4 heteroatoms. The molecule has 0 spiro atoms. The zero-order valence-corrected chi connectivity index (χ0v) is 16.3. The summed E-state index contributed by atoms with van der Waals surface area (Å²) in [6, 6.07) is 20.9. The van der Waals surface area contributed by atoms with E-state index in [1.54, 1.807) is 0 Å². The van der Waals surface area contributed by atoms with Gasteiger partial charge in [0.1, 0.15) is 0 Å². The lowest BCUT2D eigenvalue weighted by atomic mass is 9.95. The molecule has 1 aliphatic heterocycles. The molecule has 4 rings (SSSR count). The van der Waals surface area contributed by atoms with E-state index >= 15 is 0 Å². The molecule has 2 aromatic rings. The molecule has 2 amide bonds. The van der Waals surface area contributed by atoms with E-state index in [-0.39, 0.29) is 17.7 Å². The summed E-state index contributed by atoms with van der Waals surface area (Å²) >= 11 is 0. The second-order valence-electron chi connectivity index (χ2n) is 7.99. The van der Waals surface area contributed by atoms with Gasteiger partial charge in [0.2, 0.25) is 11.8 Å². The molecule has 1 saturated carbocycles. The van der Waals surface area contributed by atoms with E-state index < -0.39 is 0 Å². The SMILES string of the molecule is O=C([C@@H]1CCC(=O)N(C2CC2)C1)N(CCc1ccccc1)Cc1ccccc1. The molecule has 0 bridgehead atoms. The highest BCUT2D eigenvalue weighted by Gasteiger charge is 2.39. The van der Waals surface area contributed by atoms with Crippen molar-refractivity contribution >= 4 is 11.8 Å². The average molecular weight is 377 g/mol. The van der Waals surface area contributed by atoms with Crippen LogP contribution in [0.5, 0.6) is 0 Å². The van der Waals surface area contributed by atoms with Crippen molar-refractivity contribution in [2.45, 2.75) is 44.7 Å². The van der Waals surface area contributed by atoms with Gasteiger partial charge in [-0.1, -0.05) is 60.7 Å². The average Bonchev–Trinajstić information content (AvgIpc) is 3.58. The van der Waals surface area contributed by atoms with E-state index in [1.807, 2.05) is 46.2 Å². The van der Waals surface area contributed by atoms with Crippen LogP contribution in [0.25, 0.3) is 0 Å². The van der Waals surface area contributed by atoms with Crippen LogP contribution in [0.1, 0.15) is 36.8 Å². The van der Waals surface area contributed by atoms with Crippen LogP contribution < -0.4 is 0 Å². The number of amides is 2. The minimum atomic E-state index is -0.0715. The van der Waals surface area contributed by atoms with Gasteiger partial charge in [-0.05, 0) is 36.8 Å². The van der Waals surface area contributed by atoms with Crippen molar-refractivity contribution in [1.82, 2.24) is 9.80 Å². The molecule has 0 aromatic heterocycles. The Kier molecular flexibility index (Phi) is 5.75. The number of hydrogen-bond donors (Lipinski definition) is 0. The fraction of sp³-hybridized carbons (Fsp3) is 0.417. The molecule has 2 fully saturated rings. The molecule has 1 aliphatic carbocycles. The number of hydrogen-bond acceptors (Lipinski definition) is 2. The summed E-state index contributed by atoms with van der Waals surface area (Å²) < 4.78 is 0. The van der Waals surface area contributed by atoms with Crippen LogP contribution in [0.3, 0.4) is 0 Å². The van der Waals surface area contributed by atoms with Crippen LogP contribution in [0.2, 0.25) is 0 Å². The molecule has 1 heterocycles. The molecule has 2 aliphatic rings. The summed E-state index contributed by atoms with van der Waals surface area (Å²) in [5.74, 6) is 0.348. The highest BCUT2D eigenvalue weighted by molar-refractivity contribution is 5.84. The van der Waals surface area contributed by atoms with Crippen LogP contribution in [-0.4, -0.2) is 40.7 Å². The predicted molar refractivity (Wildman–Crippen MR) is 109 cm³/mol. The molecule has 0 unspecified atom stereocenters. The summed E-state index contributed by atoms with van der Waals surface area (Å²) in [4.78, 5) is 29.6. The first-order valence-corrected chi connectivity index (χ1v) is 10.4. The maximum Gasteiger partial charge on any atom is 0.227 e. The number of carbonyl (C=O) groups is 2. The summed E-state index contributed by atoms with van der Waals surface area (Å²) in [5.41, 5.74) is 2.39. The second-order valence-corrected chi connectivity index (χ2v) is 7.99. The van der Waals surface area contributed by atoms with Crippen molar-refractivity contribution in [2.24, 2.45) is 5.92 Å². The van der Waals surface area contributed by atoms with E-state index in [4.69, 9.17) is 0 Å². The maximum absolute atomic E-state index is 13.4. The lowest BCUT2D eigenvalue weighted by Gasteiger charge is -2.35. The van der Waals surface area contributed by atoms with Gasteiger partial charge in [0.25, 0.3) is 0 Å². The van der Waals surface area contributed by atoms with Crippen molar-refractivity contribution in [3.05, 3.63) is 71.8 Å². The Morgan fingerprint density at radius 1 is 0.929 bits per heavy atom. The standard InChI is InChI=1S/C24H28N2O2/c27-23-14-11-21(18-26(23)22-12-13-22)24(28)25(17-20-9-5-2-6-10-20)16-15-19-7-3-1-4-8-19/h1-10,21-22H,11-18H2/t21-/m1/s1. The highest BCUT2D eigenvalue weighted by Crippen LogP contribution is 2.32. The molecular weight excluding hydrogens is 348 g/mol. The summed E-state index contributed by atoms with van der Waals surface area (Å²) in [6.45, 7) is 1.92. The third-order valence-corrected chi connectivity index (χ3v) is 5.82. The Hall–Kier alpha value is -2.62. The van der Waals surface area contributed by atoms with Gasteiger partial charge in [-0.15, -0.1) is 0 Å². The Morgan fingerprint density at radius 2 is 1.57 bits per heavy atom. The number of benzene rings is 2. The maximum atomic E-state index is 13.4. The van der Waals surface area contributed by atoms with Crippen LogP contribution in [0.4, 0.5) is 0 Å². The lowest BCUT2D eigenvalue weighted by molar-refractivity contribution is -0.143. The van der Waals surface area contributed by atoms with E-state index in [9.17, 15) is 9.59 Å². The van der Waals surface area contributed by atoms with Crippen LogP contribution in [0.15, 0.2) is 60.7 Å². The van der Waals surface area contributed by atoms with E-state index in [0.717, 1.165) is 24.8 Å². The molecule has 4 nitrogen and oxygen atoms in total. The van der Waals surface area contributed by atoms with Crippen LogP contribution in [0, 0.1) is 5.92 Å². The van der Waals surface area contributed by atoms with Crippen LogP contribution in [-0.2, 0) is 22.6 Å². The van der Waals surface area contributed by atoms with Crippen molar-refractivity contribution in [1.29, 1.82) is 0 Å². The third kappa shape index (κ3) is 4.61. The molecule has 0 radical (unpaired) electrons. The van der Waals surface area contributed by atoms with Crippen LogP contribution >= 0.6 is 0 Å². The van der Waals surface area contributed by atoms with Gasteiger partial charge in [0.15, 0.2) is 0 Å². The smallest absolute Gasteiger partial charge is 0.227 e. The van der Waals surface area contributed by atoms with E-state index in [0.29, 0.717) is 38.5 Å². The van der Waals surface area contributed by atoms with Crippen molar-refractivity contribution in [3.8, 4) is 0 Å². The largest absolute Gasteiger partial charge is 0.339 e. The molecule has 0 N–H and O–H groups in total. The fourth-order valence-corrected chi connectivity index (χ4v) is 4.05. The zero-order valence-electron chi connectivity index (χ0n) is 16.3. The normalized spacial score (nSPS) is 19.5. The molecule has 146 valence electrons. The van der Waals surface area contributed by atoms with Gasteiger partial charge >= 0.3 is 0 Å². The number of likely N-dealkylation sites (tertiary alicyclic amines) is 1. The van der Waals surface area contributed by atoms with Crippen molar-refractivity contribution in [2.75, 3.05) is 13.1 Å². The predicted octanol–water partition coefficient (Wildman–Crippen LogP) is 3.66. The molecule has 1 atom stereocenters.